The number of nitrogens with zero attached hydrogens (tertiary/aromatic N) is 4. The summed E-state index contributed by atoms with van der Waals surface area (Å²) in [5, 5.41) is 0.866. The van der Waals surface area contributed by atoms with Crippen molar-refractivity contribution < 1.29 is 13.2 Å². The minimum absolute atomic E-state index is 0.374. The van der Waals surface area contributed by atoms with Gasteiger partial charge in [-0.2, -0.15) is 4.31 Å². The lowest BCUT2D eigenvalue weighted by atomic mass is 10.1. The fourth-order valence-corrected chi connectivity index (χ4v) is 4.03. The van der Waals surface area contributed by atoms with Crippen molar-refractivity contribution in [3.63, 3.8) is 0 Å². The first kappa shape index (κ1) is 17.6. The van der Waals surface area contributed by atoms with Gasteiger partial charge in [-0.1, -0.05) is 6.08 Å². The van der Waals surface area contributed by atoms with Gasteiger partial charge in [0.25, 0.3) is 0 Å². The molecule has 1 aliphatic rings. The Hall–Kier alpha value is -2.78. The van der Waals surface area contributed by atoms with Crippen LogP contribution in [0.1, 0.15) is 12.1 Å². The van der Waals surface area contributed by atoms with E-state index in [0.717, 1.165) is 27.9 Å². The molecule has 4 heterocycles. The number of nitrogens with one attached hydrogen (secondary N) is 1. The van der Waals surface area contributed by atoms with Crippen LogP contribution in [-0.4, -0.2) is 59.1 Å². The summed E-state index contributed by atoms with van der Waals surface area (Å²) >= 11 is 0. The molecule has 0 bridgehead atoms. The maximum Gasteiger partial charge on any atom is 0.211 e. The topological polar surface area (TPSA) is 101 Å². The first-order valence-corrected chi connectivity index (χ1v) is 10.3. The maximum absolute atomic E-state index is 11.7. The van der Waals surface area contributed by atoms with Gasteiger partial charge in [0.1, 0.15) is 17.7 Å². The summed E-state index contributed by atoms with van der Waals surface area (Å²) in [7, 11) is -1.56. The molecule has 3 aromatic rings. The molecule has 140 valence electrons. The van der Waals surface area contributed by atoms with Crippen molar-refractivity contribution in [3.05, 3.63) is 42.6 Å². The number of pyridine rings is 1. The molecular formula is C18H19N5O3S. The van der Waals surface area contributed by atoms with Gasteiger partial charge >= 0.3 is 0 Å². The van der Waals surface area contributed by atoms with Gasteiger partial charge in [-0.05, 0) is 24.1 Å². The molecule has 27 heavy (non-hydrogen) atoms. The highest BCUT2D eigenvalue weighted by Gasteiger charge is 2.22. The van der Waals surface area contributed by atoms with Crippen LogP contribution in [0.2, 0.25) is 0 Å². The van der Waals surface area contributed by atoms with E-state index in [-0.39, 0.29) is 0 Å². The average molecular weight is 385 g/mol. The zero-order valence-electron chi connectivity index (χ0n) is 15.0. The number of sulfonamides is 1. The predicted molar refractivity (Wildman–Crippen MR) is 103 cm³/mol. The number of aromatic nitrogens is 4. The minimum Gasteiger partial charge on any atom is -0.496 e. The van der Waals surface area contributed by atoms with E-state index in [9.17, 15) is 8.42 Å². The van der Waals surface area contributed by atoms with E-state index >= 15 is 0 Å². The quantitative estimate of drug-likeness (QED) is 0.738. The predicted octanol–water partition coefficient (Wildman–Crippen LogP) is 2.08. The fraction of sp³-hybridized carbons (Fsp3) is 0.278. The third-order valence-corrected chi connectivity index (χ3v) is 5.94. The second kappa shape index (κ2) is 6.75. The van der Waals surface area contributed by atoms with Crippen LogP contribution in [0.4, 0.5) is 0 Å². The van der Waals surface area contributed by atoms with Crippen molar-refractivity contribution in [3.8, 4) is 17.0 Å². The fourth-order valence-electron chi connectivity index (χ4n) is 3.26. The zero-order valence-corrected chi connectivity index (χ0v) is 15.8. The van der Waals surface area contributed by atoms with E-state index in [1.165, 1.54) is 16.9 Å². The van der Waals surface area contributed by atoms with Crippen LogP contribution in [0.3, 0.4) is 0 Å². The summed E-state index contributed by atoms with van der Waals surface area (Å²) in [6.07, 6.45) is 8.70. The maximum atomic E-state index is 11.7. The molecule has 0 fully saturated rings. The standard InChI is InChI=1S/C18H19N5O3S/c1-26-16-3-6-19-10-14(16)17-13-9-15(22-18(13)21-11-20-17)12-4-7-23(8-5-12)27(2,24)25/h3-4,6,9-11H,5,7-8H2,1-2H3,(H,20,21,22). The molecule has 3 aromatic heterocycles. The average Bonchev–Trinajstić information content (AvgIpc) is 3.12. The molecule has 0 atom stereocenters. The molecule has 0 aromatic carbocycles. The summed E-state index contributed by atoms with van der Waals surface area (Å²) in [4.78, 5) is 16.3. The van der Waals surface area contributed by atoms with Crippen molar-refractivity contribution in [1.29, 1.82) is 0 Å². The first-order chi connectivity index (χ1) is 13.0. The molecule has 1 N–H and O–H groups in total. The van der Waals surface area contributed by atoms with Crippen LogP contribution in [0.25, 0.3) is 27.9 Å². The number of ether oxygens (including phenoxy) is 1. The number of fused-ring (bicyclic) bond motifs is 1. The molecule has 0 aliphatic carbocycles. The van der Waals surface area contributed by atoms with Crippen molar-refractivity contribution in [2.24, 2.45) is 0 Å². The molecule has 0 spiro atoms. The van der Waals surface area contributed by atoms with Crippen molar-refractivity contribution in [2.75, 3.05) is 26.5 Å². The van der Waals surface area contributed by atoms with E-state index in [4.69, 9.17) is 4.74 Å². The summed E-state index contributed by atoms with van der Waals surface area (Å²) in [6, 6.07) is 3.79. The Morgan fingerprint density at radius 2 is 2.15 bits per heavy atom. The zero-order chi connectivity index (χ0) is 19.0. The van der Waals surface area contributed by atoms with Gasteiger partial charge in [0.15, 0.2) is 0 Å². The van der Waals surface area contributed by atoms with Crippen molar-refractivity contribution in [1.82, 2.24) is 24.2 Å². The van der Waals surface area contributed by atoms with Gasteiger partial charge in [-0.3, -0.25) is 4.98 Å². The number of aromatic amines is 1. The first-order valence-electron chi connectivity index (χ1n) is 8.44. The molecule has 9 heteroatoms. The molecule has 0 unspecified atom stereocenters. The van der Waals surface area contributed by atoms with Crippen LogP contribution < -0.4 is 4.74 Å². The molecular weight excluding hydrogens is 366 g/mol. The SMILES string of the molecule is COc1ccncc1-c1ncnc2[nH]c(C3=CCN(S(C)(=O)=O)CC3)cc12. The van der Waals surface area contributed by atoms with Crippen LogP contribution in [-0.2, 0) is 10.0 Å². The van der Waals surface area contributed by atoms with Gasteiger partial charge in [0.05, 0.1) is 24.6 Å². The summed E-state index contributed by atoms with van der Waals surface area (Å²) in [5.74, 6) is 0.688. The Morgan fingerprint density at radius 3 is 2.85 bits per heavy atom. The number of H-pyrrole nitrogens is 1. The highest BCUT2D eigenvalue weighted by Crippen LogP contribution is 2.34. The highest BCUT2D eigenvalue weighted by molar-refractivity contribution is 7.88. The lowest BCUT2D eigenvalue weighted by Crippen LogP contribution is -2.33. The lowest BCUT2D eigenvalue weighted by molar-refractivity contribution is 0.416. The van der Waals surface area contributed by atoms with Gasteiger partial charge in [-0.25, -0.2) is 18.4 Å². The van der Waals surface area contributed by atoms with Crippen LogP contribution in [0, 0.1) is 0 Å². The molecule has 0 radical (unpaired) electrons. The summed E-state index contributed by atoms with van der Waals surface area (Å²) in [6.45, 7) is 0.841. The summed E-state index contributed by atoms with van der Waals surface area (Å²) in [5.41, 5.74) is 4.23. The normalized spacial score (nSPS) is 15.7. The van der Waals surface area contributed by atoms with Gasteiger partial charge in [0, 0.05) is 36.6 Å². The number of methoxy groups -OCH3 is 1. The Bertz CT molecular complexity index is 1140. The second-order valence-corrected chi connectivity index (χ2v) is 8.33. The molecule has 0 amide bonds. The molecule has 1 aliphatic heterocycles. The minimum atomic E-state index is -3.17. The molecule has 4 rings (SSSR count). The van der Waals surface area contributed by atoms with Gasteiger partial charge in [0.2, 0.25) is 10.0 Å². The largest absolute Gasteiger partial charge is 0.496 e. The van der Waals surface area contributed by atoms with E-state index in [2.05, 4.69) is 19.9 Å². The number of hydrogen-bond acceptors (Lipinski definition) is 6. The lowest BCUT2D eigenvalue weighted by Gasteiger charge is -2.23. The van der Waals surface area contributed by atoms with Crippen LogP contribution in [0.15, 0.2) is 36.9 Å². The van der Waals surface area contributed by atoms with Crippen molar-refractivity contribution in [2.45, 2.75) is 6.42 Å². The number of hydrogen-bond donors (Lipinski definition) is 1. The monoisotopic (exact) mass is 385 g/mol. The third kappa shape index (κ3) is 3.31. The highest BCUT2D eigenvalue weighted by atomic mass is 32.2. The Labute approximate surface area is 157 Å². The smallest absolute Gasteiger partial charge is 0.211 e. The van der Waals surface area contributed by atoms with Crippen LogP contribution in [0.5, 0.6) is 5.75 Å². The summed E-state index contributed by atoms with van der Waals surface area (Å²) < 4.78 is 30.3. The molecule has 8 nitrogen and oxygen atoms in total. The van der Waals surface area contributed by atoms with E-state index in [1.54, 1.807) is 25.6 Å². The second-order valence-electron chi connectivity index (χ2n) is 6.34. The Kier molecular flexibility index (Phi) is 4.40. The number of rotatable bonds is 4. The third-order valence-electron chi connectivity index (χ3n) is 4.67. The van der Waals surface area contributed by atoms with Crippen LogP contribution >= 0.6 is 0 Å². The van der Waals surface area contributed by atoms with E-state index < -0.39 is 10.0 Å². The Morgan fingerprint density at radius 1 is 1.30 bits per heavy atom. The van der Waals surface area contributed by atoms with E-state index in [1.807, 2.05) is 12.1 Å². The van der Waals surface area contributed by atoms with Crippen molar-refractivity contribution >= 4 is 26.6 Å². The molecule has 0 saturated carbocycles. The van der Waals surface area contributed by atoms with Gasteiger partial charge in [-0.15, -0.1) is 0 Å². The molecule has 0 saturated heterocycles. The van der Waals surface area contributed by atoms with Gasteiger partial charge < -0.3 is 9.72 Å². The Balaban J connectivity index is 1.75. The van der Waals surface area contributed by atoms with E-state index in [0.29, 0.717) is 30.9 Å².